The van der Waals surface area contributed by atoms with E-state index in [1.807, 2.05) is 0 Å². The van der Waals surface area contributed by atoms with Gasteiger partial charge in [-0.05, 0) is 13.0 Å². The van der Waals surface area contributed by atoms with Crippen LogP contribution in [0.15, 0.2) is 12.1 Å². The molecule has 2 rings (SSSR count). The van der Waals surface area contributed by atoms with Crippen molar-refractivity contribution in [3.63, 3.8) is 0 Å². The van der Waals surface area contributed by atoms with Gasteiger partial charge in [0.25, 0.3) is 0 Å². The molecular weight excluding hydrogens is 423 g/mol. The molecule has 1 fully saturated rings. The van der Waals surface area contributed by atoms with Crippen LogP contribution in [-0.2, 0) is 9.53 Å². The summed E-state index contributed by atoms with van der Waals surface area (Å²) in [5.41, 5.74) is -0.242. The van der Waals surface area contributed by atoms with Gasteiger partial charge in [-0.3, -0.25) is 9.80 Å². The lowest BCUT2D eigenvalue weighted by molar-refractivity contribution is -0.253. The monoisotopic (exact) mass is 434 g/mol. The van der Waals surface area contributed by atoms with Gasteiger partial charge in [-0.2, -0.15) is 17.6 Å². The number of amides is 2. The summed E-state index contributed by atoms with van der Waals surface area (Å²) in [5.74, 6) is -2.16. The Balaban J connectivity index is 2.38. The number of hydrogen-bond donors (Lipinski definition) is 1. The van der Waals surface area contributed by atoms with Crippen molar-refractivity contribution in [3.05, 3.63) is 22.2 Å². The van der Waals surface area contributed by atoms with E-state index in [0.717, 1.165) is 21.9 Å². The first-order chi connectivity index (χ1) is 12.5. The molecule has 1 saturated heterocycles. The minimum atomic E-state index is -4.83. The van der Waals surface area contributed by atoms with Gasteiger partial charge in [0.1, 0.15) is 25.3 Å². The predicted octanol–water partition coefficient (Wildman–Crippen LogP) is 3.88. The summed E-state index contributed by atoms with van der Waals surface area (Å²) in [6.07, 6.45) is -8.96. The van der Waals surface area contributed by atoms with Gasteiger partial charge in [0, 0.05) is 6.07 Å². The largest absolute Gasteiger partial charge is 0.480 e. The minimum Gasteiger partial charge on any atom is -0.480 e. The first-order valence-corrected chi connectivity index (χ1v) is 7.94. The second kappa shape index (κ2) is 7.95. The minimum absolute atomic E-state index is 0.200. The molecule has 0 aliphatic carbocycles. The summed E-state index contributed by atoms with van der Waals surface area (Å²) in [6, 6.07) is -0.434. The van der Waals surface area contributed by atoms with Crippen LogP contribution in [0.4, 0.5) is 28.0 Å². The molecule has 0 radical (unpaired) electrons. The summed E-state index contributed by atoms with van der Waals surface area (Å²) in [7, 11) is 0. The maximum absolute atomic E-state index is 13.2. The Morgan fingerprint density at radius 1 is 1.30 bits per heavy atom. The fourth-order valence-electron chi connectivity index (χ4n) is 2.07. The molecule has 1 N–H and O–H groups in total. The molecular formula is C14H12Cl2F4N2O5. The molecule has 1 aromatic carbocycles. The molecule has 0 spiro atoms. The van der Waals surface area contributed by atoms with Crippen LogP contribution in [0.25, 0.3) is 0 Å². The first kappa shape index (κ1) is 21.3. The van der Waals surface area contributed by atoms with Crippen molar-refractivity contribution in [1.29, 1.82) is 0 Å². The highest BCUT2D eigenvalue weighted by Gasteiger charge is 2.44. The third-order valence-corrected chi connectivity index (χ3v) is 4.14. The number of hydrogen-bond acceptors (Lipinski definition) is 4. The standard InChI is InChI=1S/C14H12Cl2F4N2O5/c1-6(11(23)24)21-4-26-5-22(13(21)25)9-3-10(8(16)2-7(9)15)27-14(19,20)12(17)18/h2-3,6,12H,4-5H2,1H3,(H,23,24). The first-order valence-electron chi connectivity index (χ1n) is 7.18. The Morgan fingerprint density at radius 2 is 1.93 bits per heavy atom. The topological polar surface area (TPSA) is 79.3 Å². The molecule has 1 aromatic rings. The zero-order chi connectivity index (χ0) is 20.5. The van der Waals surface area contributed by atoms with Gasteiger partial charge in [0.2, 0.25) is 0 Å². The highest BCUT2D eigenvalue weighted by atomic mass is 35.5. The maximum Gasteiger partial charge on any atom is 0.461 e. The van der Waals surface area contributed by atoms with Gasteiger partial charge in [-0.1, -0.05) is 23.2 Å². The van der Waals surface area contributed by atoms with Crippen molar-refractivity contribution in [1.82, 2.24) is 4.90 Å². The van der Waals surface area contributed by atoms with Crippen molar-refractivity contribution in [2.24, 2.45) is 0 Å². The number of alkyl halides is 4. The molecule has 1 aliphatic rings. The molecule has 7 nitrogen and oxygen atoms in total. The van der Waals surface area contributed by atoms with Crippen LogP contribution < -0.4 is 9.64 Å². The van der Waals surface area contributed by atoms with Gasteiger partial charge in [0.05, 0.1) is 15.7 Å². The van der Waals surface area contributed by atoms with E-state index in [-0.39, 0.29) is 17.4 Å². The van der Waals surface area contributed by atoms with Gasteiger partial charge in [0.15, 0.2) is 0 Å². The van der Waals surface area contributed by atoms with Crippen LogP contribution >= 0.6 is 23.2 Å². The third kappa shape index (κ3) is 4.47. The van der Waals surface area contributed by atoms with E-state index in [1.54, 1.807) is 0 Å². The van der Waals surface area contributed by atoms with Crippen molar-refractivity contribution in [3.8, 4) is 5.75 Å². The summed E-state index contributed by atoms with van der Waals surface area (Å²) in [5, 5.41) is 8.34. The summed E-state index contributed by atoms with van der Waals surface area (Å²) in [4.78, 5) is 25.3. The average molecular weight is 435 g/mol. The van der Waals surface area contributed by atoms with E-state index in [9.17, 15) is 27.2 Å². The second-order valence-electron chi connectivity index (χ2n) is 5.36. The lowest BCUT2D eigenvalue weighted by Crippen LogP contribution is -2.55. The zero-order valence-corrected chi connectivity index (χ0v) is 15.0. The number of benzene rings is 1. The number of rotatable bonds is 6. The van der Waals surface area contributed by atoms with E-state index < -0.39 is 48.1 Å². The van der Waals surface area contributed by atoms with Crippen LogP contribution in [0, 0.1) is 0 Å². The van der Waals surface area contributed by atoms with Crippen molar-refractivity contribution < 1.29 is 41.7 Å². The van der Waals surface area contributed by atoms with Gasteiger partial charge in [-0.25, -0.2) is 9.59 Å². The van der Waals surface area contributed by atoms with Crippen LogP contribution in [0.1, 0.15) is 6.92 Å². The number of carboxylic acid groups (broad SMARTS) is 1. The molecule has 1 aliphatic heterocycles. The fourth-order valence-corrected chi connectivity index (χ4v) is 2.60. The second-order valence-corrected chi connectivity index (χ2v) is 6.17. The van der Waals surface area contributed by atoms with Crippen molar-refractivity contribution in [2.75, 3.05) is 18.4 Å². The molecule has 1 unspecified atom stereocenters. The van der Waals surface area contributed by atoms with Crippen molar-refractivity contribution >= 4 is 40.9 Å². The maximum atomic E-state index is 13.2. The average Bonchev–Trinajstić information content (AvgIpc) is 2.57. The van der Waals surface area contributed by atoms with Crippen LogP contribution in [0.3, 0.4) is 0 Å². The van der Waals surface area contributed by atoms with E-state index in [2.05, 4.69) is 4.74 Å². The van der Waals surface area contributed by atoms with Crippen LogP contribution in [0.2, 0.25) is 10.0 Å². The molecule has 0 bridgehead atoms. The van der Waals surface area contributed by atoms with Crippen molar-refractivity contribution in [2.45, 2.75) is 25.5 Å². The number of carbonyl (C=O) groups excluding carboxylic acids is 1. The summed E-state index contributed by atoms with van der Waals surface area (Å²) < 4.78 is 60.1. The fraction of sp³-hybridized carbons (Fsp3) is 0.429. The third-order valence-electron chi connectivity index (χ3n) is 3.54. The van der Waals surface area contributed by atoms with E-state index in [1.165, 1.54) is 6.92 Å². The molecule has 1 atom stereocenters. The highest BCUT2D eigenvalue weighted by molar-refractivity contribution is 6.37. The van der Waals surface area contributed by atoms with Gasteiger partial charge >= 0.3 is 24.5 Å². The Bertz CT molecular complexity index is 752. The molecule has 13 heteroatoms. The Morgan fingerprint density at radius 3 is 2.48 bits per heavy atom. The van der Waals surface area contributed by atoms with Gasteiger partial charge < -0.3 is 14.6 Å². The van der Waals surface area contributed by atoms with E-state index >= 15 is 0 Å². The zero-order valence-electron chi connectivity index (χ0n) is 13.5. The number of halogens is 6. The Hall–Kier alpha value is -1.98. The lowest BCUT2D eigenvalue weighted by atomic mass is 10.2. The van der Waals surface area contributed by atoms with Gasteiger partial charge in [-0.15, -0.1) is 0 Å². The van der Waals surface area contributed by atoms with E-state index in [0.29, 0.717) is 0 Å². The van der Waals surface area contributed by atoms with Crippen LogP contribution in [-0.4, -0.2) is 54.0 Å². The number of ether oxygens (including phenoxy) is 2. The predicted molar refractivity (Wildman–Crippen MR) is 85.7 cm³/mol. The molecule has 1 heterocycles. The SMILES string of the molecule is CC(C(=O)O)N1COCN(c2cc(OC(F)(F)C(F)F)c(Cl)cc2Cl)C1=O. The highest BCUT2D eigenvalue weighted by Crippen LogP contribution is 2.40. The molecule has 150 valence electrons. The molecule has 0 saturated carbocycles. The van der Waals surface area contributed by atoms with Crippen LogP contribution in [0.5, 0.6) is 5.75 Å². The molecule has 27 heavy (non-hydrogen) atoms. The number of urea groups is 1. The quantitative estimate of drug-likeness (QED) is 0.687. The Labute approximate surface area is 159 Å². The smallest absolute Gasteiger partial charge is 0.461 e. The van der Waals surface area contributed by atoms with E-state index in [4.69, 9.17) is 33.0 Å². The molecule has 0 aromatic heterocycles. The number of anilines is 1. The number of carbonyl (C=O) groups is 2. The number of aliphatic carboxylic acids is 1. The normalized spacial score (nSPS) is 16.7. The molecule has 2 amide bonds. The summed E-state index contributed by atoms with van der Waals surface area (Å²) >= 11 is 11.7. The number of nitrogens with zero attached hydrogens (tertiary/aromatic N) is 2. The lowest BCUT2D eigenvalue weighted by Gasteiger charge is -2.37. The Kier molecular flexibility index (Phi) is 6.28. The number of carboxylic acids is 1. The summed E-state index contributed by atoms with van der Waals surface area (Å²) in [6.45, 7) is 0.503.